The number of rotatable bonds is 0. The maximum absolute atomic E-state index is 4.86. The third-order valence-corrected chi connectivity index (χ3v) is 0.627. The third-order valence-electron chi connectivity index (χ3n) is 0.627. The molecule has 0 N–H and O–H groups in total. The van der Waals surface area contributed by atoms with Gasteiger partial charge in [-0.25, -0.2) is 0 Å². The normalized spacial score (nSPS) is 7.09. The molecule has 0 aliphatic carbocycles. The van der Waals surface area contributed by atoms with Crippen molar-refractivity contribution in [2.75, 3.05) is 0 Å². The van der Waals surface area contributed by atoms with Crippen molar-refractivity contribution in [2.24, 2.45) is 0 Å². The van der Waals surface area contributed by atoms with Gasteiger partial charge in [0.05, 0.1) is 0 Å². The maximum atomic E-state index is 4.86. The van der Waals surface area contributed by atoms with E-state index in [1.165, 1.54) is 0 Å². The molecule has 66 valence electrons. The molecule has 3 heteroatoms. The standard InChI is InChI=1S/C4H6N2O.2C2H6/c1-3-5-6-4(2)7-3;2*1-2/h1-2H3;2*1-2H3. The molecule has 0 spiro atoms. The van der Waals surface area contributed by atoms with Gasteiger partial charge in [-0.15, -0.1) is 10.2 Å². The topological polar surface area (TPSA) is 38.9 Å². The van der Waals surface area contributed by atoms with E-state index in [4.69, 9.17) is 4.42 Å². The molecule has 1 rings (SSSR count). The summed E-state index contributed by atoms with van der Waals surface area (Å²) in [7, 11) is 0. The monoisotopic (exact) mass is 158 g/mol. The molecule has 1 aromatic heterocycles. The van der Waals surface area contributed by atoms with Crippen LogP contribution in [-0.2, 0) is 0 Å². The summed E-state index contributed by atoms with van der Waals surface area (Å²) in [6.45, 7) is 11.5. The Labute approximate surface area is 68.8 Å². The van der Waals surface area contributed by atoms with Crippen molar-refractivity contribution in [3.8, 4) is 0 Å². The predicted molar refractivity (Wildman–Crippen MR) is 46.5 cm³/mol. The van der Waals surface area contributed by atoms with Gasteiger partial charge >= 0.3 is 0 Å². The number of aromatic nitrogens is 2. The molecule has 0 radical (unpaired) electrons. The SMILES string of the molecule is CC.CC.Cc1nnc(C)o1. The molecule has 0 aromatic carbocycles. The van der Waals surface area contributed by atoms with Crippen LogP contribution in [0.2, 0.25) is 0 Å². The van der Waals surface area contributed by atoms with Crippen LogP contribution in [0.15, 0.2) is 4.42 Å². The van der Waals surface area contributed by atoms with Crippen LogP contribution < -0.4 is 0 Å². The molecule has 0 atom stereocenters. The van der Waals surface area contributed by atoms with E-state index in [0.717, 1.165) is 0 Å². The van der Waals surface area contributed by atoms with Crippen LogP contribution in [0.3, 0.4) is 0 Å². The van der Waals surface area contributed by atoms with Gasteiger partial charge in [0.1, 0.15) is 0 Å². The van der Waals surface area contributed by atoms with Gasteiger partial charge in [0.25, 0.3) is 0 Å². The van der Waals surface area contributed by atoms with Crippen LogP contribution in [0.4, 0.5) is 0 Å². The summed E-state index contributed by atoms with van der Waals surface area (Å²) < 4.78 is 4.86. The summed E-state index contributed by atoms with van der Waals surface area (Å²) in [6.07, 6.45) is 0. The summed E-state index contributed by atoms with van der Waals surface area (Å²) >= 11 is 0. The first-order valence-corrected chi connectivity index (χ1v) is 4.06. The fourth-order valence-electron chi connectivity index (χ4n) is 0.395. The lowest BCUT2D eigenvalue weighted by Crippen LogP contribution is -1.68. The van der Waals surface area contributed by atoms with Crippen molar-refractivity contribution in [2.45, 2.75) is 41.5 Å². The number of nitrogens with zero attached hydrogens (tertiary/aromatic N) is 2. The Hall–Kier alpha value is -0.860. The summed E-state index contributed by atoms with van der Waals surface area (Å²) in [5.74, 6) is 1.25. The fourth-order valence-corrected chi connectivity index (χ4v) is 0.395. The van der Waals surface area contributed by atoms with Crippen molar-refractivity contribution >= 4 is 0 Å². The van der Waals surface area contributed by atoms with E-state index in [1.54, 1.807) is 13.8 Å². The predicted octanol–water partition coefficient (Wildman–Crippen LogP) is 2.74. The highest BCUT2D eigenvalue weighted by molar-refractivity contribution is 4.72. The molecular formula is C8H18N2O. The van der Waals surface area contributed by atoms with Crippen LogP contribution >= 0.6 is 0 Å². The molecule has 0 saturated heterocycles. The summed E-state index contributed by atoms with van der Waals surface area (Å²) in [6, 6.07) is 0. The molecule has 1 aromatic rings. The zero-order valence-corrected chi connectivity index (χ0v) is 8.30. The zero-order chi connectivity index (χ0) is 9.28. The average Bonchev–Trinajstić information content (AvgIpc) is 2.43. The molecule has 3 nitrogen and oxygen atoms in total. The van der Waals surface area contributed by atoms with Crippen molar-refractivity contribution in [3.63, 3.8) is 0 Å². The zero-order valence-electron chi connectivity index (χ0n) is 8.30. The van der Waals surface area contributed by atoms with Crippen LogP contribution in [0.1, 0.15) is 39.5 Å². The van der Waals surface area contributed by atoms with E-state index in [0.29, 0.717) is 11.8 Å². The molecule has 0 unspecified atom stereocenters. The van der Waals surface area contributed by atoms with Crippen LogP contribution in [0, 0.1) is 13.8 Å². The van der Waals surface area contributed by atoms with Crippen LogP contribution in [-0.4, -0.2) is 10.2 Å². The quantitative estimate of drug-likeness (QED) is 0.582. The molecule has 0 saturated carbocycles. The third kappa shape index (κ3) is 7.03. The summed E-state index contributed by atoms with van der Waals surface area (Å²) in [5.41, 5.74) is 0. The first kappa shape index (κ1) is 12.8. The van der Waals surface area contributed by atoms with Crippen molar-refractivity contribution < 1.29 is 4.42 Å². The number of hydrogen-bond donors (Lipinski definition) is 0. The van der Waals surface area contributed by atoms with Gasteiger partial charge in [-0.05, 0) is 0 Å². The maximum Gasteiger partial charge on any atom is 0.213 e. The van der Waals surface area contributed by atoms with E-state index in [1.807, 2.05) is 27.7 Å². The minimum absolute atomic E-state index is 0.623. The van der Waals surface area contributed by atoms with E-state index in [2.05, 4.69) is 10.2 Å². The first-order valence-electron chi connectivity index (χ1n) is 4.06. The van der Waals surface area contributed by atoms with Gasteiger partial charge in [0, 0.05) is 13.8 Å². The van der Waals surface area contributed by atoms with Crippen LogP contribution in [0.5, 0.6) is 0 Å². The van der Waals surface area contributed by atoms with E-state index in [-0.39, 0.29) is 0 Å². The second-order valence-electron chi connectivity index (χ2n) is 1.34. The highest BCUT2D eigenvalue weighted by Gasteiger charge is 1.89. The lowest BCUT2D eigenvalue weighted by Gasteiger charge is -1.70. The fraction of sp³-hybridized carbons (Fsp3) is 0.750. The minimum Gasteiger partial charge on any atom is -0.426 e. The number of aryl methyl sites for hydroxylation is 2. The van der Waals surface area contributed by atoms with Gasteiger partial charge in [-0.1, -0.05) is 27.7 Å². The lowest BCUT2D eigenvalue weighted by atomic mass is 10.8. The Morgan fingerprint density at radius 2 is 1.09 bits per heavy atom. The highest BCUT2D eigenvalue weighted by atomic mass is 16.4. The van der Waals surface area contributed by atoms with E-state index in [9.17, 15) is 0 Å². The largest absolute Gasteiger partial charge is 0.426 e. The smallest absolute Gasteiger partial charge is 0.213 e. The van der Waals surface area contributed by atoms with Crippen molar-refractivity contribution in [1.82, 2.24) is 10.2 Å². The van der Waals surface area contributed by atoms with Crippen LogP contribution in [0.25, 0.3) is 0 Å². The Kier molecular flexibility index (Phi) is 10.6. The molecular weight excluding hydrogens is 140 g/mol. The van der Waals surface area contributed by atoms with Gasteiger partial charge in [0.2, 0.25) is 11.8 Å². The molecule has 0 aliphatic rings. The molecule has 11 heavy (non-hydrogen) atoms. The minimum atomic E-state index is 0.623. The molecule has 0 amide bonds. The highest BCUT2D eigenvalue weighted by Crippen LogP contribution is 1.92. The van der Waals surface area contributed by atoms with Crippen molar-refractivity contribution in [1.29, 1.82) is 0 Å². The summed E-state index contributed by atoms with van der Waals surface area (Å²) in [5, 5.41) is 7.20. The average molecular weight is 158 g/mol. The Balaban J connectivity index is 0. The molecule has 0 bridgehead atoms. The first-order chi connectivity index (χ1) is 5.29. The van der Waals surface area contributed by atoms with Gasteiger partial charge in [-0.3, -0.25) is 0 Å². The number of hydrogen-bond acceptors (Lipinski definition) is 3. The Morgan fingerprint density at radius 1 is 0.818 bits per heavy atom. The molecule has 0 aliphatic heterocycles. The summed E-state index contributed by atoms with van der Waals surface area (Å²) in [4.78, 5) is 0. The Morgan fingerprint density at radius 3 is 1.18 bits per heavy atom. The Bertz CT molecular complexity index is 144. The van der Waals surface area contributed by atoms with E-state index >= 15 is 0 Å². The molecule has 1 heterocycles. The van der Waals surface area contributed by atoms with Gasteiger partial charge in [-0.2, -0.15) is 0 Å². The second kappa shape index (κ2) is 9.14. The van der Waals surface area contributed by atoms with Gasteiger partial charge < -0.3 is 4.42 Å². The van der Waals surface area contributed by atoms with Crippen molar-refractivity contribution in [3.05, 3.63) is 11.8 Å². The molecule has 0 fully saturated rings. The van der Waals surface area contributed by atoms with E-state index < -0.39 is 0 Å². The van der Waals surface area contributed by atoms with Gasteiger partial charge in [0.15, 0.2) is 0 Å². The second-order valence-corrected chi connectivity index (χ2v) is 1.34. The lowest BCUT2D eigenvalue weighted by molar-refractivity contribution is 0.489.